The lowest BCUT2D eigenvalue weighted by Gasteiger charge is -2.26. The lowest BCUT2D eigenvalue weighted by molar-refractivity contribution is 0.668. The van der Waals surface area contributed by atoms with Gasteiger partial charge in [-0.2, -0.15) is 10.5 Å². The Labute approximate surface area is 327 Å². The summed E-state index contributed by atoms with van der Waals surface area (Å²) in [4.78, 5) is 5.79. The summed E-state index contributed by atoms with van der Waals surface area (Å²) in [6.45, 7) is 7.37. The number of nitriles is 2. The standard InChI is InChI=1S/C51H28N4O2/c1-54-40-15-25-47-46-24-14-39(28-50(46)57-51(47)29-40)37-11-20-43(21-12-37)55(41-16-7-35(8-17-41)34-5-2-32(30-52)3-6-34)42-18-9-36(10-19-42)38-13-23-45-44-22-4-33(31-53)26-48(44)56-49(45)27-38/h2-29H. The second-order valence-electron chi connectivity index (χ2n) is 13.9. The van der Waals surface area contributed by atoms with E-state index in [0.29, 0.717) is 28.0 Å². The van der Waals surface area contributed by atoms with Gasteiger partial charge in [0.2, 0.25) is 0 Å². The molecule has 2 heterocycles. The quantitative estimate of drug-likeness (QED) is 0.159. The van der Waals surface area contributed by atoms with E-state index >= 15 is 0 Å². The fraction of sp³-hybridized carbons (Fsp3) is 0. The van der Waals surface area contributed by atoms with Gasteiger partial charge in [0.15, 0.2) is 5.69 Å². The van der Waals surface area contributed by atoms with E-state index in [1.165, 1.54) is 0 Å². The molecule has 0 saturated heterocycles. The molecule has 0 amide bonds. The SMILES string of the molecule is [C-]#[N+]c1ccc2c(c1)oc1cc(-c3ccc(N(c4ccc(-c5ccc(C#N)cc5)cc4)c4ccc(-c5ccc6c(c5)oc5cc(C#N)ccc56)cc4)cc3)ccc12. The van der Waals surface area contributed by atoms with E-state index in [1.807, 2.05) is 48.5 Å². The van der Waals surface area contributed by atoms with Gasteiger partial charge in [-0.3, -0.25) is 0 Å². The highest BCUT2D eigenvalue weighted by molar-refractivity contribution is 6.07. The number of hydrogen-bond acceptors (Lipinski definition) is 5. The Kier molecular flexibility index (Phi) is 7.86. The first-order valence-electron chi connectivity index (χ1n) is 18.4. The van der Waals surface area contributed by atoms with Crippen molar-refractivity contribution in [2.24, 2.45) is 0 Å². The highest BCUT2D eigenvalue weighted by atomic mass is 16.3. The maximum absolute atomic E-state index is 9.36. The molecular weight excluding hydrogens is 701 g/mol. The molecule has 57 heavy (non-hydrogen) atoms. The van der Waals surface area contributed by atoms with Crippen molar-refractivity contribution in [2.45, 2.75) is 0 Å². The van der Waals surface area contributed by atoms with E-state index in [-0.39, 0.29) is 0 Å². The third-order valence-electron chi connectivity index (χ3n) is 10.6. The second kappa shape index (κ2) is 13.5. The van der Waals surface area contributed by atoms with Crippen molar-refractivity contribution in [3.8, 4) is 45.5 Å². The van der Waals surface area contributed by atoms with Crippen molar-refractivity contribution in [3.05, 3.63) is 192 Å². The molecule has 0 aliphatic carbocycles. The van der Waals surface area contributed by atoms with E-state index in [2.05, 4.69) is 131 Å². The van der Waals surface area contributed by atoms with Crippen LogP contribution in [0.15, 0.2) is 179 Å². The van der Waals surface area contributed by atoms with E-state index in [0.717, 1.165) is 83.2 Å². The van der Waals surface area contributed by atoms with Crippen LogP contribution < -0.4 is 4.90 Å². The minimum Gasteiger partial charge on any atom is -0.457 e. The normalized spacial score (nSPS) is 11.1. The van der Waals surface area contributed by atoms with Crippen molar-refractivity contribution >= 4 is 66.6 Å². The molecule has 6 heteroatoms. The van der Waals surface area contributed by atoms with Crippen molar-refractivity contribution in [1.82, 2.24) is 0 Å². The zero-order valence-corrected chi connectivity index (χ0v) is 30.3. The van der Waals surface area contributed by atoms with E-state index in [9.17, 15) is 10.5 Å². The molecule has 0 saturated carbocycles. The summed E-state index contributed by atoms with van der Waals surface area (Å²) in [5.74, 6) is 0. The maximum atomic E-state index is 9.36. The zero-order valence-electron chi connectivity index (χ0n) is 30.3. The number of rotatable bonds is 6. The Bertz CT molecular complexity index is 3120. The number of nitrogens with zero attached hydrogens (tertiary/aromatic N) is 4. The van der Waals surface area contributed by atoms with Crippen LogP contribution in [0, 0.1) is 29.2 Å². The lowest BCUT2D eigenvalue weighted by atomic mass is 10.0. The summed E-state index contributed by atoms with van der Waals surface area (Å²) < 4.78 is 12.4. The number of furan rings is 2. The van der Waals surface area contributed by atoms with Gasteiger partial charge in [-0.15, -0.1) is 0 Å². The topological polar surface area (TPSA) is 81.5 Å². The van der Waals surface area contributed by atoms with Crippen LogP contribution in [0.2, 0.25) is 0 Å². The van der Waals surface area contributed by atoms with Gasteiger partial charge in [0.25, 0.3) is 0 Å². The third-order valence-corrected chi connectivity index (χ3v) is 10.6. The molecule has 0 unspecified atom stereocenters. The number of fused-ring (bicyclic) bond motifs is 6. The predicted octanol–water partition coefficient (Wildman–Crippen LogP) is 14.3. The molecule has 0 aliphatic rings. The Balaban J connectivity index is 1.00. The molecule has 10 aromatic rings. The van der Waals surface area contributed by atoms with Gasteiger partial charge in [-0.05, 0) is 130 Å². The highest BCUT2D eigenvalue weighted by Crippen LogP contribution is 2.40. The molecule has 0 aliphatic heterocycles. The number of hydrogen-bond donors (Lipinski definition) is 0. The lowest BCUT2D eigenvalue weighted by Crippen LogP contribution is -2.09. The summed E-state index contributed by atoms with van der Waals surface area (Å²) >= 11 is 0. The number of benzene rings is 8. The van der Waals surface area contributed by atoms with Gasteiger partial charge in [0, 0.05) is 38.6 Å². The zero-order chi connectivity index (χ0) is 38.5. The summed E-state index contributed by atoms with van der Waals surface area (Å²) in [5.41, 5.74) is 14.0. The smallest absolute Gasteiger partial charge is 0.190 e. The second-order valence-corrected chi connectivity index (χ2v) is 13.9. The minimum absolute atomic E-state index is 0.557. The Morgan fingerprint density at radius 1 is 0.386 bits per heavy atom. The first kappa shape index (κ1) is 33.2. The monoisotopic (exact) mass is 728 g/mol. The van der Waals surface area contributed by atoms with E-state index in [1.54, 1.807) is 12.1 Å². The molecule has 0 fully saturated rings. The molecule has 2 aromatic heterocycles. The average Bonchev–Trinajstić information content (AvgIpc) is 3.83. The molecule has 0 spiro atoms. The van der Waals surface area contributed by atoms with Crippen LogP contribution in [-0.4, -0.2) is 0 Å². The van der Waals surface area contributed by atoms with Crippen molar-refractivity contribution in [1.29, 1.82) is 10.5 Å². The van der Waals surface area contributed by atoms with Crippen LogP contribution in [0.1, 0.15) is 11.1 Å². The van der Waals surface area contributed by atoms with Crippen LogP contribution in [0.5, 0.6) is 0 Å². The third kappa shape index (κ3) is 5.90. The van der Waals surface area contributed by atoms with Gasteiger partial charge in [-0.1, -0.05) is 72.8 Å². The van der Waals surface area contributed by atoms with Gasteiger partial charge >= 0.3 is 0 Å². The number of anilines is 3. The fourth-order valence-corrected chi connectivity index (χ4v) is 7.63. The Morgan fingerprint density at radius 3 is 1.19 bits per heavy atom. The van der Waals surface area contributed by atoms with Crippen LogP contribution >= 0.6 is 0 Å². The Hall–Kier alpha value is -8.37. The van der Waals surface area contributed by atoms with Crippen molar-refractivity contribution in [3.63, 3.8) is 0 Å². The molecule has 0 radical (unpaired) electrons. The van der Waals surface area contributed by atoms with Gasteiger partial charge < -0.3 is 13.7 Å². The Morgan fingerprint density at radius 2 is 0.737 bits per heavy atom. The fourth-order valence-electron chi connectivity index (χ4n) is 7.63. The first-order valence-corrected chi connectivity index (χ1v) is 18.4. The van der Waals surface area contributed by atoms with Crippen molar-refractivity contribution in [2.75, 3.05) is 4.90 Å². The summed E-state index contributed by atoms with van der Waals surface area (Å²) in [6, 6.07) is 61.2. The van der Waals surface area contributed by atoms with Crippen LogP contribution in [0.3, 0.4) is 0 Å². The van der Waals surface area contributed by atoms with Gasteiger partial charge in [0.05, 0.1) is 29.8 Å². The molecule has 0 bridgehead atoms. The van der Waals surface area contributed by atoms with Crippen molar-refractivity contribution < 1.29 is 8.83 Å². The molecule has 10 rings (SSSR count). The van der Waals surface area contributed by atoms with Gasteiger partial charge in [-0.25, -0.2) is 4.85 Å². The molecular formula is C51H28N4O2. The maximum Gasteiger partial charge on any atom is 0.190 e. The molecule has 264 valence electrons. The van der Waals surface area contributed by atoms with Crippen LogP contribution in [-0.2, 0) is 0 Å². The first-order chi connectivity index (χ1) is 28.0. The summed E-state index contributed by atoms with van der Waals surface area (Å²) in [7, 11) is 0. The van der Waals surface area contributed by atoms with Crippen LogP contribution in [0.25, 0.3) is 82.1 Å². The molecule has 0 N–H and O–H groups in total. The summed E-state index contributed by atoms with van der Waals surface area (Å²) in [6.07, 6.45) is 0. The highest BCUT2D eigenvalue weighted by Gasteiger charge is 2.16. The molecule has 8 aromatic carbocycles. The van der Waals surface area contributed by atoms with Crippen LogP contribution in [0.4, 0.5) is 22.7 Å². The molecule has 0 atom stereocenters. The minimum atomic E-state index is 0.557. The largest absolute Gasteiger partial charge is 0.457 e. The van der Waals surface area contributed by atoms with Gasteiger partial charge in [0.1, 0.15) is 22.3 Å². The average molecular weight is 729 g/mol. The predicted molar refractivity (Wildman–Crippen MR) is 228 cm³/mol. The molecule has 6 nitrogen and oxygen atoms in total. The van der Waals surface area contributed by atoms with E-state index in [4.69, 9.17) is 15.4 Å². The summed E-state index contributed by atoms with van der Waals surface area (Å²) in [5, 5.41) is 22.6. The van der Waals surface area contributed by atoms with E-state index < -0.39 is 0 Å².